The molecule has 1 aromatic rings. The molecule has 0 aliphatic heterocycles. The second kappa shape index (κ2) is 7.57. The topological polar surface area (TPSA) is 29.9 Å². The summed E-state index contributed by atoms with van der Waals surface area (Å²) < 4.78 is 2.06. The fourth-order valence-corrected chi connectivity index (χ4v) is 2.18. The maximum absolute atomic E-state index is 4.45. The van der Waals surface area contributed by atoms with Crippen molar-refractivity contribution >= 4 is 0 Å². The van der Waals surface area contributed by atoms with Gasteiger partial charge in [-0.05, 0) is 31.2 Å². The van der Waals surface area contributed by atoms with Gasteiger partial charge in [-0.15, -0.1) is 0 Å². The lowest BCUT2D eigenvalue weighted by molar-refractivity contribution is 0.303. The first-order valence-electron chi connectivity index (χ1n) is 7.35. The number of aryl methyl sites for hydroxylation is 1. The van der Waals surface area contributed by atoms with Gasteiger partial charge in [-0.1, -0.05) is 34.6 Å². The molecule has 3 nitrogen and oxygen atoms in total. The van der Waals surface area contributed by atoms with E-state index in [2.05, 4.69) is 55.9 Å². The number of nitrogens with zero attached hydrogens (tertiary/aromatic N) is 2. The summed E-state index contributed by atoms with van der Waals surface area (Å²) in [6.07, 6.45) is 6.54. The van der Waals surface area contributed by atoms with Gasteiger partial charge in [0.15, 0.2) is 0 Å². The monoisotopic (exact) mass is 251 g/mol. The van der Waals surface area contributed by atoms with E-state index in [9.17, 15) is 0 Å². The van der Waals surface area contributed by atoms with Crippen LogP contribution in [0.3, 0.4) is 0 Å². The van der Waals surface area contributed by atoms with Crippen LogP contribution < -0.4 is 5.32 Å². The van der Waals surface area contributed by atoms with Gasteiger partial charge in [0.25, 0.3) is 0 Å². The summed E-state index contributed by atoms with van der Waals surface area (Å²) >= 11 is 0. The molecule has 0 bridgehead atoms. The molecule has 0 saturated heterocycles. The Hall–Kier alpha value is -0.830. The summed E-state index contributed by atoms with van der Waals surface area (Å²) in [5.41, 5.74) is 1.33. The van der Waals surface area contributed by atoms with Crippen LogP contribution >= 0.6 is 0 Å². The fourth-order valence-electron chi connectivity index (χ4n) is 2.18. The Labute approximate surface area is 112 Å². The van der Waals surface area contributed by atoms with Crippen molar-refractivity contribution in [2.24, 2.45) is 11.8 Å². The third-order valence-electron chi connectivity index (χ3n) is 3.66. The molecule has 1 rings (SSSR count). The molecule has 18 heavy (non-hydrogen) atoms. The molecular weight excluding hydrogens is 222 g/mol. The van der Waals surface area contributed by atoms with Gasteiger partial charge in [-0.3, -0.25) is 4.68 Å². The average molecular weight is 251 g/mol. The number of nitrogens with one attached hydrogen (secondary N) is 1. The molecule has 1 heterocycles. The molecule has 1 aromatic heterocycles. The Morgan fingerprint density at radius 2 is 1.94 bits per heavy atom. The van der Waals surface area contributed by atoms with Crippen LogP contribution in [0.5, 0.6) is 0 Å². The first-order valence-corrected chi connectivity index (χ1v) is 7.35. The minimum absolute atomic E-state index is 0.426. The molecule has 0 spiro atoms. The highest BCUT2D eigenvalue weighted by atomic mass is 15.3. The van der Waals surface area contributed by atoms with E-state index in [0.717, 1.165) is 19.5 Å². The SMILES string of the molecule is CCCNC(c1cnn(CCC)c1)C(C)C(C)C. The van der Waals surface area contributed by atoms with Gasteiger partial charge < -0.3 is 5.32 Å². The summed E-state index contributed by atoms with van der Waals surface area (Å²) in [4.78, 5) is 0. The van der Waals surface area contributed by atoms with Gasteiger partial charge in [0.2, 0.25) is 0 Å². The van der Waals surface area contributed by atoms with E-state index in [1.165, 1.54) is 12.0 Å². The minimum atomic E-state index is 0.426. The summed E-state index contributed by atoms with van der Waals surface area (Å²) in [5.74, 6) is 1.30. The van der Waals surface area contributed by atoms with Crippen LogP contribution in [0.4, 0.5) is 0 Å². The second-order valence-corrected chi connectivity index (χ2v) is 5.57. The van der Waals surface area contributed by atoms with Crippen LogP contribution in [0.25, 0.3) is 0 Å². The summed E-state index contributed by atoms with van der Waals surface area (Å²) in [5, 5.41) is 8.12. The van der Waals surface area contributed by atoms with Gasteiger partial charge >= 0.3 is 0 Å². The third kappa shape index (κ3) is 4.13. The summed E-state index contributed by atoms with van der Waals surface area (Å²) in [6.45, 7) is 13.4. The molecule has 2 unspecified atom stereocenters. The zero-order chi connectivity index (χ0) is 13.5. The lowest BCUT2D eigenvalue weighted by Crippen LogP contribution is -2.30. The normalized spacial score (nSPS) is 15.0. The molecule has 2 atom stereocenters. The van der Waals surface area contributed by atoms with E-state index in [4.69, 9.17) is 0 Å². The molecule has 0 fully saturated rings. The molecule has 0 amide bonds. The Balaban J connectivity index is 2.79. The van der Waals surface area contributed by atoms with E-state index in [1.54, 1.807) is 0 Å². The number of aromatic nitrogens is 2. The second-order valence-electron chi connectivity index (χ2n) is 5.57. The van der Waals surface area contributed by atoms with E-state index in [0.29, 0.717) is 17.9 Å². The molecule has 0 aliphatic rings. The lowest BCUT2D eigenvalue weighted by Gasteiger charge is -2.27. The van der Waals surface area contributed by atoms with Gasteiger partial charge in [0, 0.05) is 24.3 Å². The zero-order valence-corrected chi connectivity index (χ0v) is 12.6. The fraction of sp³-hybridized carbons (Fsp3) is 0.800. The molecule has 3 heteroatoms. The highest BCUT2D eigenvalue weighted by molar-refractivity contribution is 5.12. The third-order valence-corrected chi connectivity index (χ3v) is 3.66. The first-order chi connectivity index (χ1) is 8.60. The predicted molar refractivity (Wildman–Crippen MR) is 77.6 cm³/mol. The molecule has 0 saturated carbocycles. The van der Waals surface area contributed by atoms with Gasteiger partial charge in [0.1, 0.15) is 0 Å². The quantitative estimate of drug-likeness (QED) is 0.764. The molecule has 0 radical (unpaired) electrons. The summed E-state index contributed by atoms with van der Waals surface area (Å²) in [7, 11) is 0. The van der Waals surface area contributed by atoms with Crippen LogP contribution in [0, 0.1) is 11.8 Å². The largest absolute Gasteiger partial charge is 0.310 e. The Morgan fingerprint density at radius 3 is 2.50 bits per heavy atom. The molecular formula is C15H29N3. The van der Waals surface area contributed by atoms with Gasteiger partial charge in [0.05, 0.1) is 6.20 Å². The Morgan fingerprint density at radius 1 is 1.22 bits per heavy atom. The van der Waals surface area contributed by atoms with E-state index in [-0.39, 0.29) is 0 Å². The van der Waals surface area contributed by atoms with Crippen molar-refractivity contribution in [1.82, 2.24) is 15.1 Å². The van der Waals surface area contributed by atoms with Crippen LogP contribution in [-0.2, 0) is 6.54 Å². The molecule has 1 N–H and O–H groups in total. The van der Waals surface area contributed by atoms with Crippen molar-refractivity contribution in [3.63, 3.8) is 0 Å². The highest BCUT2D eigenvalue weighted by Gasteiger charge is 2.22. The van der Waals surface area contributed by atoms with Crippen molar-refractivity contribution in [3.8, 4) is 0 Å². The maximum atomic E-state index is 4.45. The van der Waals surface area contributed by atoms with Crippen molar-refractivity contribution < 1.29 is 0 Å². The van der Waals surface area contributed by atoms with E-state index < -0.39 is 0 Å². The maximum Gasteiger partial charge on any atom is 0.0537 e. The lowest BCUT2D eigenvalue weighted by atomic mass is 9.87. The van der Waals surface area contributed by atoms with Gasteiger partial charge in [-0.25, -0.2) is 0 Å². The number of rotatable bonds is 8. The average Bonchev–Trinajstić information content (AvgIpc) is 2.78. The van der Waals surface area contributed by atoms with Crippen molar-refractivity contribution in [2.45, 2.75) is 60.0 Å². The first kappa shape index (κ1) is 15.2. The van der Waals surface area contributed by atoms with Crippen LogP contribution in [0.2, 0.25) is 0 Å². The molecule has 104 valence electrons. The highest BCUT2D eigenvalue weighted by Crippen LogP contribution is 2.27. The van der Waals surface area contributed by atoms with E-state index in [1.807, 2.05) is 6.20 Å². The molecule has 0 aromatic carbocycles. The smallest absolute Gasteiger partial charge is 0.0537 e. The Kier molecular flexibility index (Phi) is 6.41. The van der Waals surface area contributed by atoms with E-state index >= 15 is 0 Å². The van der Waals surface area contributed by atoms with Crippen LogP contribution in [-0.4, -0.2) is 16.3 Å². The van der Waals surface area contributed by atoms with Crippen LogP contribution in [0.1, 0.15) is 59.1 Å². The zero-order valence-electron chi connectivity index (χ0n) is 12.6. The molecule has 0 aliphatic carbocycles. The van der Waals surface area contributed by atoms with Crippen molar-refractivity contribution in [1.29, 1.82) is 0 Å². The number of hydrogen-bond acceptors (Lipinski definition) is 2. The van der Waals surface area contributed by atoms with Crippen LogP contribution in [0.15, 0.2) is 12.4 Å². The van der Waals surface area contributed by atoms with Crippen molar-refractivity contribution in [3.05, 3.63) is 18.0 Å². The number of hydrogen-bond donors (Lipinski definition) is 1. The standard InChI is InChI=1S/C15H29N3/c1-6-8-16-15(13(5)12(3)4)14-10-17-18(11-14)9-7-2/h10-13,15-16H,6-9H2,1-5H3. The van der Waals surface area contributed by atoms with Gasteiger partial charge in [-0.2, -0.15) is 5.10 Å². The summed E-state index contributed by atoms with van der Waals surface area (Å²) in [6, 6.07) is 0.426. The minimum Gasteiger partial charge on any atom is -0.310 e. The Bertz CT molecular complexity index is 330. The predicted octanol–water partition coefficient (Wildman–Crippen LogP) is 3.63. The van der Waals surface area contributed by atoms with Crippen molar-refractivity contribution in [2.75, 3.05) is 6.54 Å².